The molecule has 0 spiro atoms. The van der Waals surface area contributed by atoms with Crippen LogP contribution >= 0.6 is 0 Å². The fraction of sp³-hybridized carbons (Fsp3) is 0.606. The van der Waals surface area contributed by atoms with Crippen LogP contribution in [0.15, 0.2) is 30.3 Å². The maximum Gasteiger partial charge on any atom is 0.408 e. The van der Waals surface area contributed by atoms with E-state index in [2.05, 4.69) is 26.6 Å². The van der Waals surface area contributed by atoms with E-state index in [0.29, 0.717) is 0 Å². The van der Waals surface area contributed by atoms with E-state index in [4.69, 9.17) is 4.74 Å². The van der Waals surface area contributed by atoms with E-state index < -0.39 is 83.5 Å². The lowest BCUT2D eigenvalue weighted by Gasteiger charge is -2.28. The van der Waals surface area contributed by atoms with Gasteiger partial charge in [-0.25, -0.2) is 9.59 Å². The number of carbonyl (C=O) groups excluding carboxylic acids is 6. The lowest BCUT2D eigenvalue weighted by molar-refractivity contribution is -0.144. The molecule has 0 aliphatic carbocycles. The molecule has 14 nitrogen and oxygen atoms in total. The van der Waals surface area contributed by atoms with Gasteiger partial charge in [0.1, 0.15) is 30.8 Å². The minimum atomic E-state index is -1.34. The number of alkyl carbamates (subject to hydrolysis) is 1. The lowest BCUT2D eigenvalue weighted by atomic mass is 9.99. The number of carboxylic acids is 1. The van der Waals surface area contributed by atoms with E-state index in [1.165, 1.54) is 6.92 Å². The monoisotopic (exact) mass is 661 g/mol. The van der Waals surface area contributed by atoms with Crippen LogP contribution < -0.4 is 26.6 Å². The molecule has 5 atom stereocenters. The predicted molar refractivity (Wildman–Crippen MR) is 174 cm³/mol. The molecule has 262 valence electrons. The number of carbonyl (C=O) groups is 7. The zero-order valence-electron chi connectivity index (χ0n) is 28.7. The summed E-state index contributed by atoms with van der Waals surface area (Å²) in [6.45, 7) is 14.9. The van der Waals surface area contributed by atoms with Crippen molar-refractivity contribution in [3.05, 3.63) is 35.9 Å². The molecule has 0 aliphatic rings. The van der Waals surface area contributed by atoms with Gasteiger partial charge in [0.25, 0.3) is 5.91 Å². The Hall–Kier alpha value is -4.49. The maximum absolute atomic E-state index is 13.2. The number of ketones is 1. The predicted octanol–water partition coefficient (Wildman–Crippen LogP) is 1.91. The van der Waals surface area contributed by atoms with Gasteiger partial charge in [-0.05, 0) is 42.6 Å². The Kier molecular flexibility index (Phi) is 16.6. The summed E-state index contributed by atoms with van der Waals surface area (Å²) >= 11 is 0. The molecule has 6 N–H and O–H groups in total. The second kappa shape index (κ2) is 19.2. The Morgan fingerprint density at radius 1 is 0.638 bits per heavy atom. The number of hydrogen-bond donors (Lipinski definition) is 6. The quantitative estimate of drug-likeness (QED) is 0.127. The van der Waals surface area contributed by atoms with Gasteiger partial charge in [-0.1, -0.05) is 85.7 Å². The summed E-state index contributed by atoms with van der Waals surface area (Å²) in [6.07, 6.45) is -0.687. The van der Waals surface area contributed by atoms with Crippen molar-refractivity contribution in [2.75, 3.05) is 0 Å². The molecular weight excluding hydrogens is 610 g/mol. The standard InChI is InChI=1S/C33H51N5O9/c1-17(2)15-23(28(40)37-26(20(7)8)32(44)45)35-31(43)27(39)21(9)34-29(41)24(18(3)4)36-30(42)25(19(5)6)38-33(46)47-16-22-13-11-10-12-14-22/h10-14,17-21,23-26H,15-16H2,1-9H3,(H,34,41)(H,35,43)(H,36,42)(H,37,40)(H,38,46)(H,44,45)/t21-,23-,24+,25+,26+/m1/s1. The minimum Gasteiger partial charge on any atom is -0.480 e. The van der Waals surface area contributed by atoms with Crippen LogP contribution in [0.3, 0.4) is 0 Å². The van der Waals surface area contributed by atoms with Crippen LogP contribution in [0.4, 0.5) is 4.79 Å². The van der Waals surface area contributed by atoms with E-state index in [9.17, 15) is 38.7 Å². The molecule has 0 fully saturated rings. The Bertz CT molecular complexity index is 1250. The topological polar surface area (TPSA) is 209 Å². The van der Waals surface area contributed by atoms with Crippen LogP contribution in [0.5, 0.6) is 0 Å². The normalized spacial score (nSPS) is 14.4. The fourth-order valence-electron chi connectivity index (χ4n) is 4.47. The van der Waals surface area contributed by atoms with Crippen LogP contribution in [0.2, 0.25) is 0 Å². The third-order valence-electron chi connectivity index (χ3n) is 7.22. The second-order valence-electron chi connectivity index (χ2n) is 13.0. The third kappa shape index (κ3) is 13.8. The molecule has 47 heavy (non-hydrogen) atoms. The zero-order chi connectivity index (χ0) is 36.0. The average Bonchev–Trinajstić information content (AvgIpc) is 2.98. The first kappa shape index (κ1) is 40.5. The number of carboxylic acid groups (broad SMARTS) is 1. The molecule has 0 heterocycles. The highest BCUT2D eigenvalue weighted by Gasteiger charge is 2.34. The van der Waals surface area contributed by atoms with E-state index in [0.717, 1.165) is 5.56 Å². The Morgan fingerprint density at radius 2 is 1.13 bits per heavy atom. The number of ether oxygens (including phenoxy) is 1. The SMILES string of the molecule is CC(C)C[C@@H](NC(=O)C(=O)[C@@H](C)NC(=O)[C@@H](NC(=O)[C@@H](NC(=O)OCc1ccccc1)C(C)C)C(C)C)C(=O)N[C@H](C(=O)O)C(C)C. The lowest BCUT2D eigenvalue weighted by Crippen LogP contribution is -2.59. The Morgan fingerprint density at radius 3 is 1.62 bits per heavy atom. The van der Waals surface area contributed by atoms with Crippen LogP contribution in [-0.4, -0.2) is 76.8 Å². The summed E-state index contributed by atoms with van der Waals surface area (Å²) in [7, 11) is 0. The van der Waals surface area contributed by atoms with E-state index >= 15 is 0 Å². The minimum absolute atomic E-state index is 0.000680. The molecule has 0 aliphatic heterocycles. The molecule has 1 rings (SSSR count). The zero-order valence-corrected chi connectivity index (χ0v) is 28.7. The highest BCUT2D eigenvalue weighted by molar-refractivity contribution is 6.38. The first-order chi connectivity index (χ1) is 21.8. The summed E-state index contributed by atoms with van der Waals surface area (Å²) in [4.78, 5) is 89.2. The summed E-state index contributed by atoms with van der Waals surface area (Å²) in [5.41, 5.74) is 0.763. The number of aliphatic carboxylic acids is 1. The fourth-order valence-corrected chi connectivity index (χ4v) is 4.47. The molecule has 5 amide bonds. The van der Waals surface area contributed by atoms with Gasteiger partial charge in [0.15, 0.2) is 0 Å². The highest BCUT2D eigenvalue weighted by Crippen LogP contribution is 2.10. The molecule has 0 saturated carbocycles. The second-order valence-corrected chi connectivity index (χ2v) is 13.0. The third-order valence-corrected chi connectivity index (χ3v) is 7.22. The van der Waals surface area contributed by atoms with Gasteiger partial charge >= 0.3 is 12.1 Å². The van der Waals surface area contributed by atoms with Crippen molar-refractivity contribution >= 4 is 41.5 Å². The van der Waals surface area contributed by atoms with Gasteiger partial charge in [0.05, 0.1) is 6.04 Å². The van der Waals surface area contributed by atoms with Crippen LogP contribution in [0.1, 0.15) is 74.3 Å². The summed E-state index contributed by atoms with van der Waals surface area (Å²) in [5, 5.41) is 21.8. The van der Waals surface area contributed by atoms with Gasteiger partial charge in [0, 0.05) is 0 Å². The summed E-state index contributed by atoms with van der Waals surface area (Å²) in [5.74, 6) is -6.91. The van der Waals surface area contributed by atoms with Crippen molar-refractivity contribution < 1.29 is 43.4 Å². The van der Waals surface area contributed by atoms with Crippen molar-refractivity contribution in [3.63, 3.8) is 0 Å². The molecule has 0 bridgehead atoms. The van der Waals surface area contributed by atoms with Crippen molar-refractivity contribution in [1.29, 1.82) is 0 Å². The number of amides is 5. The van der Waals surface area contributed by atoms with Gasteiger partial charge in [-0.15, -0.1) is 0 Å². The van der Waals surface area contributed by atoms with Crippen molar-refractivity contribution in [2.24, 2.45) is 23.7 Å². The molecule has 1 aromatic carbocycles. The number of nitrogens with one attached hydrogen (secondary N) is 5. The van der Waals surface area contributed by atoms with Gasteiger partial charge in [-0.3, -0.25) is 24.0 Å². The van der Waals surface area contributed by atoms with Gasteiger partial charge in [-0.2, -0.15) is 0 Å². The van der Waals surface area contributed by atoms with Crippen LogP contribution in [0, 0.1) is 23.7 Å². The van der Waals surface area contributed by atoms with Crippen molar-refractivity contribution in [2.45, 2.75) is 106 Å². The van der Waals surface area contributed by atoms with Crippen molar-refractivity contribution in [3.8, 4) is 0 Å². The smallest absolute Gasteiger partial charge is 0.408 e. The molecule has 14 heteroatoms. The highest BCUT2D eigenvalue weighted by atomic mass is 16.5. The molecule has 0 saturated heterocycles. The van der Waals surface area contributed by atoms with E-state index in [1.54, 1.807) is 79.7 Å². The Balaban J connectivity index is 2.91. The molecular formula is C33H51N5O9. The summed E-state index contributed by atoms with van der Waals surface area (Å²) < 4.78 is 5.23. The number of Topliss-reactive ketones (excluding diaryl/α,β-unsaturated/α-hetero) is 1. The maximum atomic E-state index is 13.2. The molecule has 1 aromatic rings. The number of benzene rings is 1. The molecule has 0 unspecified atom stereocenters. The number of hydrogen-bond acceptors (Lipinski definition) is 8. The molecule has 0 aromatic heterocycles. The van der Waals surface area contributed by atoms with Crippen molar-refractivity contribution in [1.82, 2.24) is 26.6 Å². The van der Waals surface area contributed by atoms with E-state index in [1.807, 2.05) is 6.07 Å². The first-order valence-corrected chi connectivity index (χ1v) is 15.8. The largest absolute Gasteiger partial charge is 0.480 e. The Labute approximate surface area is 276 Å². The summed E-state index contributed by atoms with van der Waals surface area (Å²) in [6, 6.07) is 3.09. The van der Waals surface area contributed by atoms with Crippen LogP contribution in [0.25, 0.3) is 0 Å². The van der Waals surface area contributed by atoms with E-state index in [-0.39, 0.29) is 24.9 Å². The average molecular weight is 662 g/mol. The van der Waals surface area contributed by atoms with Gasteiger partial charge < -0.3 is 36.4 Å². The van der Waals surface area contributed by atoms with Crippen LogP contribution in [-0.2, 0) is 40.1 Å². The number of rotatable bonds is 18. The van der Waals surface area contributed by atoms with Gasteiger partial charge in [0.2, 0.25) is 23.5 Å². The first-order valence-electron chi connectivity index (χ1n) is 15.8. The molecule has 0 radical (unpaired) electrons.